The predicted molar refractivity (Wildman–Crippen MR) is 88.0 cm³/mol. The Hall–Kier alpha value is -3.30. The lowest BCUT2D eigenvalue weighted by molar-refractivity contribution is -0.132. The van der Waals surface area contributed by atoms with E-state index in [0.29, 0.717) is 18.9 Å². The second-order valence-corrected chi connectivity index (χ2v) is 5.66. The molecule has 25 heavy (non-hydrogen) atoms. The highest BCUT2D eigenvalue weighted by Crippen LogP contribution is 2.14. The number of aromatic nitrogens is 7. The van der Waals surface area contributed by atoms with E-state index >= 15 is 0 Å². The highest BCUT2D eigenvalue weighted by atomic mass is 16.2. The maximum absolute atomic E-state index is 12.3. The third-order valence-corrected chi connectivity index (χ3v) is 4.10. The molecule has 0 unspecified atom stereocenters. The lowest BCUT2D eigenvalue weighted by atomic mass is 10.3. The molecule has 3 aromatic rings. The van der Waals surface area contributed by atoms with Crippen molar-refractivity contribution in [1.82, 2.24) is 39.6 Å². The third kappa shape index (κ3) is 3.32. The Morgan fingerprint density at radius 2 is 1.84 bits per heavy atom. The molecule has 0 saturated carbocycles. The first-order valence-electron chi connectivity index (χ1n) is 7.98. The molecule has 1 aliphatic rings. The monoisotopic (exact) mass is 339 g/mol. The van der Waals surface area contributed by atoms with Crippen molar-refractivity contribution in [2.75, 3.05) is 31.1 Å². The van der Waals surface area contributed by atoms with E-state index in [0.717, 1.165) is 18.9 Å². The van der Waals surface area contributed by atoms with Gasteiger partial charge in [0.25, 0.3) is 0 Å². The number of amides is 1. The standard InChI is InChI=1S/C15H17N9O/c25-15(10-23-12-16-11-18-23)22-8-6-21(7-9-22)13-2-3-14(20-19-13)24-5-1-4-17-24/h1-5,11-12H,6-10H2. The Kier molecular flexibility index (Phi) is 4.07. The predicted octanol–water partition coefficient (Wildman–Crippen LogP) is -0.397. The number of carbonyl (C=O) groups excluding carboxylic acids is 1. The van der Waals surface area contributed by atoms with E-state index in [1.807, 2.05) is 29.3 Å². The van der Waals surface area contributed by atoms with Crippen molar-refractivity contribution in [2.45, 2.75) is 6.54 Å². The largest absolute Gasteiger partial charge is 0.352 e. The number of anilines is 1. The summed E-state index contributed by atoms with van der Waals surface area (Å²) in [6.07, 6.45) is 6.50. The van der Waals surface area contributed by atoms with Gasteiger partial charge in [-0.15, -0.1) is 10.2 Å². The molecule has 10 heteroatoms. The Bertz CT molecular complexity index is 805. The van der Waals surface area contributed by atoms with Crippen molar-refractivity contribution in [2.24, 2.45) is 0 Å². The molecule has 0 atom stereocenters. The molecule has 0 spiro atoms. The van der Waals surface area contributed by atoms with Gasteiger partial charge in [0.05, 0.1) is 0 Å². The molecule has 10 nitrogen and oxygen atoms in total. The van der Waals surface area contributed by atoms with E-state index in [2.05, 4.69) is 30.3 Å². The second-order valence-electron chi connectivity index (χ2n) is 5.66. The first-order valence-corrected chi connectivity index (χ1v) is 7.98. The summed E-state index contributed by atoms with van der Waals surface area (Å²) < 4.78 is 3.20. The number of carbonyl (C=O) groups is 1. The third-order valence-electron chi connectivity index (χ3n) is 4.10. The topological polar surface area (TPSA) is 97.9 Å². The Morgan fingerprint density at radius 1 is 1.04 bits per heavy atom. The van der Waals surface area contributed by atoms with E-state index < -0.39 is 0 Å². The van der Waals surface area contributed by atoms with Crippen LogP contribution in [0.3, 0.4) is 0 Å². The Balaban J connectivity index is 1.34. The second kappa shape index (κ2) is 6.67. The van der Waals surface area contributed by atoms with Gasteiger partial charge in [0.2, 0.25) is 5.91 Å². The number of hydrogen-bond donors (Lipinski definition) is 0. The minimum Gasteiger partial charge on any atom is -0.352 e. The molecule has 3 aromatic heterocycles. The van der Waals surface area contributed by atoms with Gasteiger partial charge in [0, 0.05) is 38.6 Å². The molecule has 0 aliphatic carbocycles. The van der Waals surface area contributed by atoms with Crippen LogP contribution in [0.4, 0.5) is 5.82 Å². The van der Waals surface area contributed by atoms with Crippen LogP contribution in [0.25, 0.3) is 5.82 Å². The van der Waals surface area contributed by atoms with Gasteiger partial charge >= 0.3 is 0 Å². The normalized spacial score (nSPS) is 14.7. The van der Waals surface area contributed by atoms with Gasteiger partial charge in [-0.3, -0.25) is 4.79 Å². The highest BCUT2D eigenvalue weighted by molar-refractivity contribution is 5.76. The van der Waals surface area contributed by atoms with Gasteiger partial charge in [-0.05, 0) is 18.2 Å². The van der Waals surface area contributed by atoms with Gasteiger partial charge in [-0.1, -0.05) is 0 Å². The number of hydrogen-bond acceptors (Lipinski definition) is 7. The minimum atomic E-state index is 0.0465. The molecule has 4 heterocycles. The van der Waals surface area contributed by atoms with Gasteiger partial charge in [-0.25, -0.2) is 14.3 Å². The molecular formula is C15H17N9O. The number of piperazine rings is 1. The van der Waals surface area contributed by atoms with Gasteiger partial charge in [0.1, 0.15) is 19.2 Å². The fourth-order valence-corrected chi connectivity index (χ4v) is 2.75. The summed E-state index contributed by atoms with van der Waals surface area (Å²) in [5.74, 6) is 1.53. The molecule has 128 valence electrons. The van der Waals surface area contributed by atoms with E-state index in [-0.39, 0.29) is 12.5 Å². The van der Waals surface area contributed by atoms with E-state index in [1.54, 1.807) is 17.2 Å². The summed E-state index contributed by atoms with van der Waals surface area (Å²) in [5, 5.41) is 16.6. The lowest BCUT2D eigenvalue weighted by Gasteiger charge is -2.35. The van der Waals surface area contributed by atoms with Crippen molar-refractivity contribution >= 4 is 11.7 Å². The van der Waals surface area contributed by atoms with Crippen LogP contribution >= 0.6 is 0 Å². The molecule has 0 bridgehead atoms. The summed E-state index contributed by atoms with van der Waals surface area (Å²) in [6, 6.07) is 5.65. The van der Waals surface area contributed by atoms with Crippen molar-refractivity contribution < 1.29 is 4.79 Å². The molecule has 1 fully saturated rings. The average Bonchev–Trinajstić information content (AvgIpc) is 3.36. The number of nitrogens with zero attached hydrogens (tertiary/aromatic N) is 9. The van der Waals surface area contributed by atoms with Crippen LogP contribution in [0.15, 0.2) is 43.2 Å². The zero-order chi connectivity index (χ0) is 17.1. The minimum absolute atomic E-state index is 0.0465. The van der Waals surface area contributed by atoms with Crippen molar-refractivity contribution in [1.29, 1.82) is 0 Å². The summed E-state index contributed by atoms with van der Waals surface area (Å²) in [4.78, 5) is 20.1. The Labute approximate surface area is 143 Å². The van der Waals surface area contributed by atoms with E-state index in [9.17, 15) is 4.79 Å². The van der Waals surface area contributed by atoms with Gasteiger partial charge in [0.15, 0.2) is 11.6 Å². The first kappa shape index (κ1) is 15.2. The van der Waals surface area contributed by atoms with Crippen LogP contribution in [-0.2, 0) is 11.3 Å². The summed E-state index contributed by atoms with van der Waals surface area (Å²) in [6.45, 7) is 2.96. The number of rotatable bonds is 4. The smallest absolute Gasteiger partial charge is 0.244 e. The van der Waals surface area contributed by atoms with Crippen LogP contribution < -0.4 is 4.90 Å². The van der Waals surface area contributed by atoms with Crippen molar-refractivity contribution in [3.8, 4) is 5.82 Å². The summed E-state index contributed by atoms with van der Waals surface area (Å²) in [5.41, 5.74) is 0. The molecule has 0 aromatic carbocycles. The van der Waals surface area contributed by atoms with Crippen LogP contribution in [0, 0.1) is 0 Å². The van der Waals surface area contributed by atoms with E-state index in [1.165, 1.54) is 11.0 Å². The van der Waals surface area contributed by atoms with Crippen molar-refractivity contribution in [3.63, 3.8) is 0 Å². The maximum atomic E-state index is 12.3. The molecule has 1 saturated heterocycles. The Morgan fingerprint density at radius 3 is 2.48 bits per heavy atom. The first-order chi connectivity index (χ1) is 12.3. The average molecular weight is 339 g/mol. The molecular weight excluding hydrogens is 322 g/mol. The zero-order valence-corrected chi connectivity index (χ0v) is 13.5. The molecule has 4 rings (SSSR count). The molecule has 0 N–H and O–H groups in total. The maximum Gasteiger partial charge on any atom is 0.244 e. The zero-order valence-electron chi connectivity index (χ0n) is 13.5. The fraction of sp³-hybridized carbons (Fsp3) is 0.333. The molecule has 0 radical (unpaired) electrons. The van der Waals surface area contributed by atoms with Crippen LogP contribution in [0.1, 0.15) is 0 Å². The van der Waals surface area contributed by atoms with Gasteiger partial charge < -0.3 is 9.80 Å². The summed E-state index contributed by atoms with van der Waals surface area (Å²) >= 11 is 0. The SMILES string of the molecule is O=C(Cn1cncn1)N1CCN(c2ccc(-n3cccn3)nn2)CC1. The molecule has 1 aliphatic heterocycles. The van der Waals surface area contributed by atoms with Crippen LogP contribution in [-0.4, -0.2) is 71.7 Å². The van der Waals surface area contributed by atoms with Crippen LogP contribution in [0.5, 0.6) is 0 Å². The van der Waals surface area contributed by atoms with E-state index in [4.69, 9.17) is 0 Å². The molecule has 1 amide bonds. The quantitative estimate of drug-likeness (QED) is 0.638. The highest BCUT2D eigenvalue weighted by Gasteiger charge is 2.22. The fourth-order valence-electron chi connectivity index (χ4n) is 2.75. The summed E-state index contributed by atoms with van der Waals surface area (Å²) in [7, 11) is 0. The van der Waals surface area contributed by atoms with Crippen molar-refractivity contribution in [3.05, 3.63) is 43.2 Å². The lowest BCUT2D eigenvalue weighted by Crippen LogP contribution is -2.50. The van der Waals surface area contributed by atoms with Crippen LogP contribution in [0.2, 0.25) is 0 Å². The van der Waals surface area contributed by atoms with Gasteiger partial charge in [-0.2, -0.15) is 10.2 Å².